The van der Waals surface area contributed by atoms with Crippen molar-refractivity contribution in [1.29, 1.82) is 0 Å². The van der Waals surface area contributed by atoms with E-state index in [-0.39, 0.29) is 0 Å². The Kier molecular flexibility index (Phi) is 4.47. The van der Waals surface area contributed by atoms with Crippen LogP contribution in [0.1, 0.15) is 25.0 Å². The molecule has 0 amide bonds. The Morgan fingerprint density at radius 3 is 2.67 bits per heavy atom. The van der Waals surface area contributed by atoms with E-state index in [0.717, 1.165) is 52.3 Å². The summed E-state index contributed by atoms with van der Waals surface area (Å²) in [7, 11) is 2.00. The quantitative estimate of drug-likeness (QED) is 0.446. The average Bonchev–Trinajstić information content (AvgIpc) is 3.40. The molecule has 5 aromatic rings. The minimum Gasteiger partial charge on any atom is -0.337 e. The summed E-state index contributed by atoms with van der Waals surface area (Å²) in [6, 6.07) is 12.8. The molecule has 0 saturated carbocycles. The molecule has 6 nitrogen and oxygen atoms in total. The molecule has 0 saturated heterocycles. The van der Waals surface area contributed by atoms with Crippen molar-refractivity contribution in [3.8, 4) is 11.3 Å². The number of nitrogens with zero attached hydrogens (tertiary/aromatic N) is 5. The molecule has 0 radical (unpaired) electrons. The Hall–Kier alpha value is -3.67. The maximum absolute atomic E-state index is 4.92. The summed E-state index contributed by atoms with van der Waals surface area (Å²) in [4.78, 5) is 13.9. The van der Waals surface area contributed by atoms with Crippen molar-refractivity contribution in [2.45, 2.75) is 26.7 Å². The summed E-state index contributed by atoms with van der Waals surface area (Å²) in [5, 5.41) is 3.50. The fourth-order valence-electron chi connectivity index (χ4n) is 3.96. The van der Waals surface area contributed by atoms with Crippen LogP contribution in [0.25, 0.3) is 27.9 Å². The molecule has 3 heterocycles. The molecule has 0 aliphatic carbocycles. The first-order chi connectivity index (χ1) is 14.7. The van der Waals surface area contributed by atoms with Crippen molar-refractivity contribution in [3.05, 3.63) is 72.4 Å². The minimum absolute atomic E-state index is 0.741. The van der Waals surface area contributed by atoms with Gasteiger partial charge in [0.25, 0.3) is 0 Å². The molecule has 150 valence electrons. The maximum atomic E-state index is 4.92. The maximum Gasteiger partial charge on any atom is 0.180 e. The van der Waals surface area contributed by atoms with Gasteiger partial charge < -0.3 is 14.3 Å². The second-order valence-electron chi connectivity index (χ2n) is 7.51. The molecule has 0 atom stereocenters. The van der Waals surface area contributed by atoms with Crippen LogP contribution in [0, 0.1) is 0 Å². The van der Waals surface area contributed by atoms with E-state index >= 15 is 0 Å². The number of hydrogen-bond acceptors (Lipinski definition) is 4. The largest absolute Gasteiger partial charge is 0.337 e. The molecule has 0 bridgehead atoms. The number of imidazole rings is 2. The monoisotopic (exact) mass is 396 g/mol. The standard InChI is InChI=1S/C24H24N6/c1-4-16-6-8-19(12-17(16)5-2)27-23-24-25-10-11-30(24)14-21(28-23)18-7-9-22-20(13-18)26-15-29(22)3/h6-15H,4-5H2,1-3H3,(H,27,28). The lowest BCUT2D eigenvalue weighted by Gasteiger charge is -2.13. The molecule has 0 aliphatic rings. The minimum atomic E-state index is 0.741. The van der Waals surface area contributed by atoms with Gasteiger partial charge in [-0.25, -0.2) is 15.0 Å². The second kappa shape index (κ2) is 7.30. The molecule has 0 unspecified atom stereocenters. The second-order valence-corrected chi connectivity index (χ2v) is 7.51. The van der Waals surface area contributed by atoms with Gasteiger partial charge in [-0.05, 0) is 48.2 Å². The summed E-state index contributed by atoms with van der Waals surface area (Å²) in [5.74, 6) is 0.741. The van der Waals surface area contributed by atoms with Gasteiger partial charge >= 0.3 is 0 Å². The van der Waals surface area contributed by atoms with E-state index in [4.69, 9.17) is 4.98 Å². The number of benzene rings is 2. The van der Waals surface area contributed by atoms with Crippen molar-refractivity contribution < 1.29 is 0 Å². The number of aryl methyl sites for hydroxylation is 3. The van der Waals surface area contributed by atoms with Crippen LogP contribution in [-0.4, -0.2) is 23.9 Å². The highest BCUT2D eigenvalue weighted by Crippen LogP contribution is 2.27. The summed E-state index contributed by atoms with van der Waals surface area (Å²) in [6.45, 7) is 4.39. The molecule has 0 aliphatic heterocycles. The van der Waals surface area contributed by atoms with E-state index in [1.165, 1.54) is 11.1 Å². The van der Waals surface area contributed by atoms with Gasteiger partial charge in [-0.2, -0.15) is 0 Å². The number of nitrogens with one attached hydrogen (secondary N) is 1. The molecule has 30 heavy (non-hydrogen) atoms. The smallest absolute Gasteiger partial charge is 0.180 e. The first-order valence-corrected chi connectivity index (χ1v) is 10.3. The average molecular weight is 396 g/mol. The zero-order valence-corrected chi connectivity index (χ0v) is 17.4. The predicted octanol–water partition coefficient (Wildman–Crippen LogP) is 5.15. The Bertz CT molecular complexity index is 1360. The fraction of sp³-hybridized carbons (Fsp3) is 0.208. The van der Waals surface area contributed by atoms with E-state index in [9.17, 15) is 0 Å². The van der Waals surface area contributed by atoms with Crippen molar-refractivity contribution in [2.75, 3.05) is 5.32 Å². The molecule has 1 N–H and O–H groups in total. The summed E-state index contributed by atoms with van der Waals surface area (Å²) in [5.41, 5.74) is 8.53. The molecular weight excluding hydrogens is 372 g/mol. The number of fused-ring (bicyclic) bond motifs is 2. The molecule has 2 aromatic carbocycles. The van der Waals surface area contributed by atoms with E-state index in [1.54, 1.807) is 6.20 Å². The van der Waals surface area contributed by atoms with Crippen molar-refractivity contribution in [3.63, 3.8) is 0 Å². The zero-order valence-electron chi connectivity index (χ0n) is 17.4. The van der Waals surface area contributed by atoms with Crippen LogP contribution in [0.4, 0.5) is 11.5 Å². The highest BCUT2D eigenvalue weighted by molar-refractivity contribution is 5.82. The lowest BCUT2D eigenvalue weighted by molar-refractivity contribution is 0.948. The molecular formula is C24H24N6. The lowest BCUT2D eigenvalue weighted by Crippen LogP contribution is -2.01. The lowest BCUT2D eigenvalue weighted by atomic mass is 10.0. The highest BCUT2D eigenvalue weighted by Gasteiger charge is 2.12. The van der Waals surface area contributed by atoms with Crippen LogP contribution in [-0.2, 0) is 19.9 Å². The molecule has 5 rings (SSSR count). The molecule has 3 aromatic heterocycles. The Morgan fingerprint density at radius 1 is 0.967 bits per heavy atom. The van der Waals surface area contributed by atoms with E-state index in [1.807, 2.05) is 34.7 Å². The molecule has 6 heteroatoms. The Balaban J connectivity index is 1.59. The van der Waals surface area contributed by atoms with Gasteiger partial charge in [0.2, 0.25) is 0 Å². The summed E-state index contributed by atoms with van der Waals surface area (Å²) >= 11 is 0. The van der Waals surface area contributed by atoms with Crippen LogP contribution < -0.4 is 5.32 Å². The number of rotatable bonds is 5. The van der Waals surface area contributed by atoms with Gasteiger partial charge in [-0.3, -0.25) is 0 Å². The third-order valence-corrected chi connectivity index (χ3v) is 5.63. The van der Waals surface area contributed by atoms with Gasteiger partial charge in [0.1, 0.15) is 0 Å². The van der Waals surface area contributed by atoms with Gasteiger partial charge in [0.05, 0.1) is 23.1 Å². The van der Waals surface area contributed by atoms with Gasteiger partial charge in [0, 0.05) is 36.9 Å². The van der Waals surface area contributed by atoms with E-state index < -0.39 is 0 Å². The first-order valence-electron chi connectivity index (χ1n) is 10.3. The Morgan fingerprint density at radius 2 is 1.83 bits per heavy atom. The van der Waals surface area contributed by atoms with Crippen LogP contribution >= 0.6 is 0 Å². The fourth-order valence-corrected chi connectivity index (χ4v) is 3.96. The van der Waals surface area contributed by atoms with Crippen LogP contribution in [0.5, 0.6) is 0 Å². The zero-order chi connectivity index (χ0) is 20.7. The summed E-state index contributed by atoms with van der Waals surface area (Å²) in [6.07, 6.45) is 9.63. The molecule has 0 spiro atoms. The van der Waals surface area contributed by atoms with Crippen molar-refractivity contribution >= 4 is 28.2 Å². The molecule has 0 fully saturated rings. The van der Waals surface area contributed by atoms with Crippen LogP contribution in [0.15, 0.2) is 61.3 Å². The predicted molar refractivity (Wildman–Crippen MR) is 121 cm³/mol. The third-order valence-electron chi connectivity index (χ3n) is 5.63. The van der Waals surface area contributed by atoms with Gasteiger partial charge in [-0.15, -0.1) is 0 Å². The van der Waals surface area contributed by atoms with Crippen molar-refractivity contribution in [1.82, 2.24) is 23.9 Å². The van der Waals surface area contributed by atoms with Crippen LogP contribution in [0.2, 0.25) is 0 Å². The summed E-state index contributed by atoms with van der Waals surface area (Å²) < 4.78 is 4.03. The van der Waals surface area contributed by atoms with Gasteiger partial charge in [-0.1, -0.05) is 26.0 Å². The Labute approximate surface area is 175 Å². The first kappa shape index (κ1) is 18.4. The number of hydrogen-bond donors (Lipinski definition) is 1. The number of anilines is 2. The number of aromatic nitrogens is 5. The highest BCUT2D eigenvalue weighted by atomic mass is 15.1. The van der Waals surface area contributed by atoms with Crippen molar-refractivity contribution in [2.24, 2.45) is 7.05 Å². The topological polar surface area (TPSA) is 60.0 Å². The normalized spacial score (nSPS) is 11.4. The van der Waals surface area contributed by atoms with E-state index in [0.29, 0.717) is 0 Å². The van der Waals surface area contributed by atoms with E-state index in [2.05, 4.69) is 65.5 Å². The van der Waals surface area contributed by atoms with Crippen LogP contribution in [0.3, 0.4) is 0 Å². The SMILES string of the molecule is CCc1ccc(Nc2nc(-c3ccc4c(c3)ncn4C)cn3ccnc23)cc1CC. The third kappa shape index (κ3) is 3.10. The van der Waals surface area contributed by atoms with Gasteiger partial charge in [0.15, 0.2) is 11.5 Å².